The summed E-state index contributed by atoms with van der Waals surface area (Å²) in [5.41, 5.74) is 8.28. The van der Waals surface area contributed by atoms with E-state index in [1.807, 2.05) is 13.0 Å². The van der Waals surface area contributed by atoms with Gasteiger partial charge in [0.1, 0.15) is 5.75 Å². The number of benzene rings is 1. The van der Waals surface area contributed by atoms with Crippen LogP contribution in [0.25, 0.3) is 0 Å². The van der Waals surface area contributed by atoms with Crippen molar-refractivity contribution in [3.8, 4) is 5.75 Å². The number of phenolic OH excluding ortho intramolecular Hbond substituents is 1. The SMILES string of the molecule is CCCC[C@@H](N)c1ccc(O)cc1C. The topological polar surface area (TPSA) is 46.2 Å². The van der Waals surface area contributed by atoms with E-state index in [1.165, 1.54) is 6.42 Å². The predicted molar refractivity (Wildman–Crippen MR) is 59.3 cm³/mol. The molecule has 1 aromatic carbocycles. The van der Waals surface area contributed by atoms with Crippen LogP contribution in [0, 0.1) is 6.92 Å². The quantitative estimate of drug-likeness (QED) is 0.772. The molecule has 0 saturated carbocycles. The summed E-state index contributed by atoms with van der Waals surface area (Å²) in [6, 6.07) is 5.50. The van der Waals surface area contributed by atoms with Crippen LogP contribution in [-0.4, -0.2) is 5.11 Å². The van der Waals surface area contributed by atoms with Gasteiger partial charge in [0.05, 0.1) is 0 Å². The molecule has 1 atom stereocenters. The summed E-state index contributed by atoms with van der Waals surface area (Å²) in [5.74, 6) is 0.314. The van der Waals surface area contributed by atoms with Gasteiger partial charge in [-0.3, -0.25) is 0 Å². The first-order chi connectivity index (χ1) is 6.65. The number of hydrogen-bond acceptors (Lipinski definition) is 2. The van der Waals surface area contributed by atoms with E-state index in [4.69, 9.17) is 5.73 Å². The van der Waals surface area contributed by atoms with E-state index in [0.717, 1.165) is 24.0 Å². The van der Waals surface area contributed by atoms with Crippen LogP contribution in [0.5, 0.6) is 5.75 Å². The average Bonchev–Trinajstić information content (AvgIpc) is 2.14. The van der Waals surface area contributed by atoms with Gasteiger partial charge in [-0.2, -0.15) is 0 Å². The number of unbranched alkanes of at least 4 members (excludes halogenated alkanes) is 1. The first-order valence-corrected chi connectivity index (χ1v) is 5.20. The lowest BCUT2D eigenvalue weighted by Crippen LogP contribution is -2.11. The normalized spacial score (nSPS) is 12.8. The lowest BCUT2D eigenvalue weighted by atomic mass is 9.97. The standard InChI is InChI=1S/C12H19NO/c1-3-4-5-12(13)11-7-6-10(14)8-9(11)2/h6-8,12,14H,3-5,13H2,1-2H3/t12-/m1/s1. The minimum absolute atomic E-state index is 0.107. The molecule has 0 aliphatic heterocycles. The predicted octanol–water partition coefficient (Wildman–Crippen LogP) is 2.89. The van der Waals surface area contributed by atoms with Crippen molar-refractivity contribution in [3.05, 3.63) is 29.3 Å². The zero-order valence-corrected chi connectivity index (χ0v) is 8.96. The Bertz CT molecular complexity index is 296. The Morgan fingerprint density at radius 3 is 2.71 bits per heavy atom. The molecule has 0 aliphatic carbocycles. The van der Waals surface area contributed by atoms with Crippen molar-refractivity contribution >= 4 is 0 Å². The Hall–Kier alpha value is -1.02. The van der Waals surface area contributed by atoms with E-state index in [-0.39, 0.29) is 6.04 Å². The third kappa shape index (κ3) is 2.74. The molecule has 0 radical (unpaired) electrons. The van der Waals surface area contributed by atoms with Gasteiger partial charge in [0, 0.05) is 6.04 Å². The molecule has 0 aromatic heterocycles. The first kappa shape index (κ1) is 11.1. The van der Waals surface area contributed by atoms with Crippen LogP contribution >= 0.6 is 0 Å². The molecule has 0 bridgehead atoms. The number of hydrogen-bond donors (Lipinski definition) is 2. The van der Waals surface area contributed by atoms with Crippen LogP contribution in [0.4, 0.5) is 0 Å². The van der Waals surface area contributed by atoms with Gasteiger partial charge in [-0.25, -0.2) is 0 Å². The smallest absolute Gasteiger partial charge is 0.115 e. The van der Waals surface area contributed by atoms with Gasteiger partial charge in [0.15, 0.2) is 0 Å². The highest BCUT2D eigenvalue weighted by atomic mass is 16.3. The summed E-state index contributed by atoms with van der Waals surface area (Å²) in [6.07, 6.45) is 3.34. The zero-order chi connectivity index (χ0) is 10.6. The Morgan fingerprint density at radius 2 is 2.14 bits per heavy atom. The maximum absolute atomic E-state index is 9.25. The maximum Gasteiger partial charge on any atom is 0.115 e. The fourth-order valence-corrected chi connectivity index (χ4v) is 1.66. The number of phenols is 1. The highest BCUT2D eigenvalue weighted by Crippen LogP contribution is 2.23. The second kappa shape index (κ2) is 5.01. The molecule has 14 heavy (non-hydrogen) atoms. The summed E-state index contributed by atoms with van der Waals surface area (Å²) >= 11 is 0. The molecule has 1 aromatic rings. The van der Waals surface area contributed by atoms with E-state index in [2.05, 4.69) is 6.92 Å². The van der Waals surface area contributed by atoms with Gasteiger partial charge in [-0.05, 0) is 36.6 Å². The third-order valence-corrected chi connectivity index (χ3v) is 2.52. The molecule has 2 heteroatoms. The molecule has 0 heterocycles. The first-order valence-electron chi connectivity index (χ1n) is 5.20. The minimum atomic E-state index is 0.107. The van der Waals surface area contributed by atoms with Crippen LogP contribution in [0.15, 0.2) is 18.2 Å². The Balaban J connectivity index is 2.74. The summed E-state index contributed by atoms with van der Waals surface area (Å²) < 4.78 is 0. The molecule has 0 spiro atoms. The highest BCUT2D eigenvalue weighted by molar-refractivity contribution is 5.35. The van der Waals surface area contributed by atoms with E-state index < -0.39 is 0 Å². The molecule has 2 nitrogen and oxygen atoms in total. The van der Waals surface area contributed by atoms with Gasteiger partial charge in [-0.1, -0.05) is 25.8 Å². The van der Waals surface area contributed by atoms with Gasteiger partial charge < -0.3 is 10.8 Å². The summed E-state index contributed by atoms with van der Waals surface area (Å²) in [4.78, 5) is 0. The van der Waals surface area contributed by atoms with Gasteiger partial charge >= 0.3 is 0 Å². The molecule has 0 aliphatic rings. The number of aryl methyl sites for hydroxylation is 1. The maximum atomic E-state index is 9.25. The number of aromatic hydroxyl groups is 1. The molecular weight excluding hydrogens is 174 g/mol. The molecule has 0 fully saturated rings. The second-order valence-corrected chi connectivity index (χ2v) is 3.79. The fourth-order valence-electron chi connectivity index (χ4n) is 1.66. The van der Waals surface area contributed by atoms with Crippen molar-refractivity contribution in [1.29, 1.82) is 0 Å². The van der Waals surface area contributed by atoms with E-state index in [9.17, 15) is 5.11 Å². The highest BCUT2D eigenvalue weighted by Gasteiger charge is 2.08. The number of rotatable bonds is 4. The van der Waals surface area contributed by atoms with Crippen molar-refractivity contribution in [2.24, 2.45) is 5.73 Å². The summed E-state index contributed by atoms with van der Waals surface area (Å²) in [7, 11) is 0. The molecule has 3 N–H and O–H groups in total. The minimum Gasteiger partial charge on any atom is -0.508 e. The average molecular weight is 193 g/mol. The van der Waals surface area contributed by atoms with Gasteiger partial charge in [-0.15, -0.1) is 0 Å². The van der Waals surface area contributed by atoms with Gasteiger partial charge in [0.25, 0.3) is 0 Å². The Labute approximate surface area is 85.8 Å². The molecule has 0 unspecified atom stereocenters. The molecule has 0 amide bonds. The summed E-state index contributed by atoms with van der Waals surface area (Å²) in [6.45, 7) is 4.15. The molecule has 1 rings (SSSR count). The fraction of sp³-hybridized carbons (Fsp3) is 0.500. The van der Waals surface area contributed by atoms with Crippen molar-refractivity contribution in [1.82, 2.24) is 0 Å². The largest absolute Gasteiger partial charge is 0.508 e. The second-order valence-electron chi connectivity index (χ2n) is 3.79. The van der Waals surface area contributed by atoms with Crippen LogP contribution in [-0.2, 0) is 0 Å². The molecule has 78 valence electrons. The molecule has 0 saturated heterocycles. The van der Waals surface area contributed by atoms with E-state index >= 15 is 0 Å². The van der Waals surface area contributed by atoms with Crippen molar-refractivity contribution in [3.63, 3.8) is 0 Å². The monoisotopic (exact) mass is 193 g/mol. The Kier molecular flexibility index (Phi) is 3.96. The third-order valence-electron chi connectivity index (χ3n) is 2.52. The Morgan fingerprint density at radius 1 is 1.43 bits per heavy atom. The van der Waals surface area contributed by atoms with Crippen LogP contribution < -0.4 is 5.73 Å². The zero-order valence-electron chi connectivity index (χ0n) is 8.96. The van der Waals surface area contributed by atoms with Crippen LogP contribution in [0.1, 0.15) is 43.4 Å². The molecular formula is C12H19NO. The van der Waals surface area contributed by atoms with E-state index in [0.29, 0.717) is 5.75 Å². The van der Waals surface area contributed by atoms with Gasteiger partial charge in [0.2, 0.25) is 0 Å². The lowest BCUT2D eigenvalue weighted by Gasteiger charge is -2.14. The summed E-state index contributed by atoms with van der Waals surface area (Å²) in [5, 5.41) is 9.25. The van der Waals surface area contributed by atoms with Crippen LogP contribution in [0.3, 0.4) is 0 Å². The van der Waals surface area contributed by atoms with Crippen molar-refractivity contribution < 1.29 is 5.11 Å². The van der Waals surface area contributed by atoms with E-state index in [1.54, 1.807) is 12.1 Å². The van der Waals surface area contributed by atoms with Crippen molar-refractivity contribution in [2.75, 3.05) is 0 Å². The van der Waals surface area contributed by atoms with Crippen molar-refractivity contribution in [2.45, 2.75) is 39.2 Å². The lowest BCUT2D eigenvalue weighted by molar-refractivity contribution is 0.474. The van der Waals surface area contributed by atoms with Crippen LogP contribution in [0.2, 0.25) is 0 Å². The number of nitrogens with two attached hydrogens (primary N) is 1.